The molecule has 0 spiro atoms. The van der Waals surface area contributed by atoms with Gasteiger partial charge in [-0.2, -0.15) is 0 Å². The topological polar surface area (TPSA) is 18.5 Å². The van der Waals surface area contributed by atoms with Crippen molar-refractivity contribution in [3.63, 3.8) is 0 Å². The molecular weight excluding hydrogens is 253 g/mol. The monoisotopic (exact) mass is 279 g/mol. The van der Waals surface area contributed by atoms with Crippen LogP contribution in [-0.2, 0) is 6.54 Å². The minimum Gasteiger partial charge on any atom is -0.368 e. The lowest BCUT2D eigenvalue weighted by Crippen LogP contribution is -2.31. The maximum Gasteiger partial charge on any atom is 0.146 e. The molecule has 1 aliphatic heterocycles. The molecule has 1 aromatic carbocycles. The highest BCUT2D eigenvalue weighted by atomic mass is 19.1. The first-order chi connectivity index (χ1) is 9.47. The van der Waals surface area contributed by atoms with E-state index >= 15 is 0 Å². The van der Waals surface area contributed by atoms with Crippen molar-refractivity contribution in [1.82, 2.24) is 10.2 Å². The molecule has 0 bridgehead atoms. The van der Waals surface area contributed by atoms with Gasteiger partial charge in [-0.15, -0.1) is 0 Å². The third-order valence-electron chi connectivity index (χ3n) is 3.96. The summed E-state index contributed by atoms with van der Waals surface area (Å²) in [7, 11) is 4.18. The molecule has 0 radical (unpaired) electrons. The van der Waals surface area contributed by atoms with Crippen molar-refractivity contribution < 1.29 is 4.39 Å². The molecule has 2 rings (SSSR count). The van der Waals surface area contributed by atoms with E-state index in [1.165, 1.54) is 0 Å². The largest absolute Gasteiger partial charge is 0.368 e. The molecule has 0 aliphatic carbocycles. The lowest BCUT2D eigenvalue weighted by molar-refractivity contribution is 0.315. The Balaban J connectivity index is 2.03. The van der Waals surface area contributed by atoms with Gasteiger partial charge in [-0.3, -0.25) is 0 Å². The average Bonchev–Trinajstić information content (AvgIpc) is 2.86. The molecule has 1 aromatic rings. The van der Waals surface area contributed by atoms with Crippen LogP contribution in [0.3, 0.4) is 0 Å². The molecule has 1 fully saturated rings. The zero-order chi connectivity index (χ0) is 14.7. The molecule has 1 saturated heterocycles. The number of anilines is 1. The SMILES string of the molecule is CC(C)NCc1ccc(N2CCC(N(C)C)C2)c(F)c1. The first-order valence-corrected chi connectivity index (χ1v) is 7.40. The van der Waals surface area contributed by atoms with Crippen molar-refractivity contribution in [2.45, 2.75) is 38.9 Å². The van der Waals surface area contributed by atoms with E-state index in [2.05, 4.69) is 43.1 Å². The zero-order valence-corrected chi connectivity index (χ0v) is 13.0. The molecule has 0 amide bonds. The summed E-state index contributed by atoms with van der Waals surface area (Å²) < 4.78 is 14.3. The second-order valence-corrected chi connectivity index (χ2v) is 6.17. The highest BCUT2D eigenvalue weighted by Crippen LogP contribution is 2.25. The van der Waals surface area contributed by atoms with E-state index in [9.17, 15) is 4.39 Å². The van der Waals surface area contributed by atoms with E-state index in [1.807, 2.05) is 12.1 Å². The van der Waals surface area contributed by atoms with E-state index in [0.29, 0.717) is 12.1 Å². The Morgan fingerprint density at radius 2 is 2.15 bits per heavy atom. The standard InChI is InChI=1S/C16H26FN3/c1-12(2)18-10-13-5-6-16(15(17)9-13)20-8-7-14(11-20)19(3)4/h5-6,9,12,14,18H,7-8,10-11H2,1-4H3. The highest BCUT2D eigenvalue weighted by molar-refractivity contribution is 5.50. The molecule has 1 aliphatic rings. The fraction of sp³-hybridized carbons (Fsp3) is 0.625. The molecule has 1 heterocycles. The lowest BCUT2D eigenvalue weighted by Gasteiger charge is -2.22. The van der Waals surface area contributed by atoms with E-state index in [-0.39, 0.29) is 5.82 Å². The average molecular weight is 279 g/mol. The van der Waals surface area contributed by atoms with Crippen molar-refractivity contribution in [1.29, 1.82) is 0 Å². The van der Waals surface area contributed by atoms with Crippen molar-refractivity contribution in [3.05, 3.63) is 29.6 Å². The summed E-state index contributed by atoms with van der Waals surface area (Å²) in [4.78, 5) is 4.37. The van der Waals surface area contributed by atoms with Crippen LogP contribution in [0, 0.1) is 5.82 Å². The van der Waals surface area contributed by atoms with Gasteiger partial charge < -0.3 is 15.1 Å². The smallest absolute Gasteiger partial charge is 0.146 e. The Labute approximate surface area is 121 Å². The minimum absolute atomic E-state index is 0.104. The van der Waals surface area contributed by atoms with Crippen molar-refractivity contribution >= 4 is 5.69 Å². The summed E-state index contributed by atoms with van der Waals surface area (Å²) in [6, 6.07) is 6.55. The quantitative estimate of drug-likeness (QED) is 0.893. The number of halogens is 1. The molecule has 0 aromatic heterocycles. The maximum atomic E-state index is 14.3. The van der Waals surface area contributed by atoms with Crippen LogP contribution in [0.15, 0.2) is 18.2 Å². The summed E-state index contributed by atoms with van der Waals surface area (Å²) >= 11 is 0. The normalized spacial score (nSPS) is 19.4. The summed E-state index contributed by atoms with van der Waals surface area (Å²) in [6.45, 7) is 6.75. The molecular formula is C16H26FN3. The van der Waals surface area contributed by atoms with Crippen molar-refractivity contribution in [2.24, 2.45) is 0 Å². The van der Waals surface area contributed by atoms with Gasteiger partial charge in [-0.1, -0.05) is 19.9 Å². The first kappa shape index (κ1) is 15.3. The number of likely N-dealkylation sites (N-methyl/N-ethyl adjacent to an activating group) is 1. The Morgan fingerprint density at radius 3 is 2.70 bits per heavy atom. The number of rotatable bonds is 5. The molecule has 1 unspecified atom stereocenters. The second-order valence-electron chi connectivity index (χ2n) is 6.17. The van der Waals surface area contributed by atoms with Crippen LogP contribution in [0.4, 0.5) is 10.1 Å². The number of benzene rings is 1. The van der Waals surface area contributed by atoms with Gasteiger partial charge in [-0.25, -0.2) is 4.39 Å². The highest BCUT2D eigenvalue weighted by Gasteiger charge is 2.25. The third kappa shape index (κ3) is 3.70. The van der Waals surface area contributed by atoms with Crippen LogP contribution in [0.5, 0.6) is 0 Å². The van der Waals surface area contributed by atoms with Gasteiger partial charge in [0.25, 0.3) is 0 Å². The van der Waals surface area contributed by atoms with E-state index in [0.717, 1.165) is 37.3 Å². The van der Waals surface area contributed by atoms with Crippen molar-refractivity contribution in [2.75, 3.05) is 32.1 Å². The minimum atomic E-state index is -0.104. The van der Waals surface area contributed by atoms with Gasteiger partial charge in [0.15, 0.2) is 0 Å². The van der Waals surface area contributed by atoms with Gasteiger partial charge in [0.1, 0.15) is 5.82 Å². The Kier molecular flexibility index (Phi) is 5.00. The first-order valence-electron chi connectivity index (χ1n) is 7.40. The van der Waals surface area contributed by atoms with Crippen LogP contribution < -0.4 is 10.2 Å². The fourth-order valence-electron chi connectivity index (χ4n) is 2.62. The van der Waals surface area contributed by atoms with E-state index < -0.39 is 0 Å². The fourth-order valence-corrected chi connectivity index (χ4v) is 2.62. The van der Waals surface area contributed by atoms with Crippen LogP contribution in [0.1, 0.15) is 25.8 Å². The Bertz CT molecular complexity index is 445. The lowest BCUT2D eigenvalue weighted by atomic mass is 10.1. The summed E-state index contributed by atoms with van der Waals surface area (Å²) in [5.41, 5.74) is 1.74. The second kappa shape index (κ2) is 6.55. The predicted molar refractivity (Wildman–Crippen MR) is 82.7 cm³/mol. The summed E-state index contributed by atoms with van der Waals surface area (Å²) in [5, 5.41) is 3.31. The van der Waals surface area contributed by atoms with Crippen LogP contribution >= 0.6 is 0 Å². The van der Waals surface area contributed by atoms with Gasteiger partial charge in [-0.05, 0) is 38.2 Å². The summed E-state index contributed by atoms with van der Waals surface area (Å²) in [6.07, 6.45) is 1.10. The van der Waals surface area contributed by atoms with E-state index in [1.54, 1.807) is 6.07 Å². The Hall–Kier alpha value is -1.13. The molecule has 0 saturated carbocycles. The maximum absolute atomic E-state index is 14.3. The van der Waals surface area contributed by atoms with Crippen LogP contribution in [0.2, 0.25) is 0 Å². The molecule has 4 heteroatoms. The van der Waals surface area contributed by atoms with Crippen LogP contribution in [-0.4, -0.2) is 44.2 Å². The number of nitrogens with one attached hydrogen (secondary N) is 1. The van der Waals surface area contributed by atoms with Gasteiger partial charge in [0.2, 0.25) is 0 Å². The van der Waals surface area contributed by atoms with Gasteiger partial charge in [0.05, 0.1) is 5.69 Å². The molecule has 112 valence electrons. The molecule has 1 atom stereocenters. The van der Waals surface area contributed by atoms with Gasteiger partial charge >= 0.3 is 0 Å². The molecule has 20 heavy (non-hydrogen) atoms. The number of nitrogens with zero attached hydrogens (tertiary/aromatic N) is 2. The third-order valence-corrected chi connectivity index (χ3v) is 3.96. The number of hydrogen-bond acceptors (Lipinski definition) is 3. The number of hydrogen-bond donors (Lipinski definition) is 1. The Morgan fingerprint density at radius 1 is 1.40 bits per heavy atom. The zero-order valence-electron chi connectivity index (χ0n) is 13.0. The van der Waals surface area contributed by atoms with Crippen LogP contribution in [0.25, 0.3) is 0 Å². The van der Waals surface area contributed by atoms with Crippen molar-refractivity contribution in [3.8, 4) is 0 Å². The molecule has 1 N–H and O–H groups in total. The summed E-state index contributed by atoms with van der Waals surface area (Å²) in [5.74, 6) is -0.104. The van der Waals surface area contributed by atoms with E-state index in [4.69, 9.17) is 0 Å². The van der Waals surface area contributed by atoms with Gasteiger partial charge in [0, 0.05) is 31.7 Å². The predicted octanol–water partition coefficient (Wildman–Crippen LogP) is 2.46. The molecule has 3 nitrogen and oxygen atoms in total.